The molecule has 2 N–H and O–H groups in total. The average Bonchev–Trinajstić information content (AvgIpc) is 2.43. The number of nitro benzene ring substituents is 1. The number of carbonyl (C=O) groups is 1. The van der Waals surface area contributed by atoms with Crippen molar-refractivity contribution in [1.29, 1.82) is 0 Å². The summed E-state index contributed by atoms with van der Waals surface area (Å²) in [6.45, 7) is 5.14. The Morgan fingerprint density at radius 1 is 1.41 bits per heavy atom. The van der Waals surface area contributed by atoms with Crippen LogP contribution in [-0.4, -0.2) is 31.8 Å². The largest absolute Gasteiger partial charge is 0.355 e. The van der Waals surface area contributed by atoms with Crippen molar-refractivity contribution in [2.45, 2.75) is 38.1 Å². The Labute approximate surface area is 129 Å². The highest BCUT2D eigenvalue weighted by Crippen LogP contribution is 2.26. The van der Waals surface area contributed by atoms with Crippen molar-refractivity contribution in [3.8, 4) is 0 Å². The van der Waals surface area contributed by atoms with Crippen molar-refractivity contribution in [1.82, 2.24) is 10.0 Å². The number of nitrogens with zero attached hydrogens (tertiary/aromatic N) is 1. The molecule has 0 aliphatic carbocycles. The Bertz CT molecular complexity index is 672. The molecule has 1 atom stereocenters. The molecular weight excluding hydrogens is 310 g/mol. The van der Waals surface area contributed by atoms with Crippen LogP contribution in [-0.2, 0) is 14.8 Å². The second kappa shape index (κ2) is 7.32. The number of amides is 1. The van der Waals surface area contributed by atoms with Crippen LogP contribution in [0.25, 0.3) is 0 Å². The van der Waals surface area contributed by atoms with Crippen LogP contribution in [0.3, 0.4) is 0 Å². The van der Waals surface area contributed by atoms with Gasteiger partial charge in [-0.15, -0.1) is 0 Å². The number of nitro groups is 1. The molecule has 9 heteroatoms. The van der Waals surface area contributed by atoms with Gasteiger partial charge in [0, 0.05) is 12.6 Å². The lowest BCUT2D eigenvalue weighted by atomic mass is 10.2. The van der Waals surface area contributed by atoms with Crippen LogP contribution < -0.4 is 10.0 Å². The average molecular weight is 329 g/mol. The Kier molecular flexibility index (Phi) is 6.01. The standard InChI is InChI=1S/C13H19N3O5S/c1-4-8-14-13(17)10(3)15-22(20,21)12-9(2)6-5-7-11(12)16(18)19/h5-7,10,15H,4,8H2,1-3H3,(H,14,17). The molecule has 0 aliphatic rings. The number of rotatable bonds is 7. The fraction of sp³-hybridized carbons (Fsp3) is 0.462. The van der Waals surface area contributed by atoms with Gasteiger partial charge >= 0.3 is 0 Å². The molecule has 1 amide bonds. The molecule has 0 aromatic heterocycles. The minimum atomic E-state index is -4.19. The predicted molar refractivity (Wildman–Crippen MR) is 80.9 cm³/mol. The monoisotopic (exact) mass is 329 g/mol. The molecule has 1 aromatic carbocycles. The fourth-order valence-electron chi connectivity index (χ4n) is 1.88. The van der Waals surface area contributed by atoms with Gasteiger partial charge in [-0.05, 0) is 25.8 Å². The zero-order valence-electron chi connectivity index (χ0n) is 12.6. The topological polar surface area (TPSA) is 118 Å². The predicted octanol–water partition coefficient (Wildman–Crippen LogP) is 1.10. The van der Waals surface area contributed by atoms with Crippen molar-refractivity contribution in [3.05, 3.63) is 33.9 Å². The normalized spacial score (nSPS) is 12.7. The summed E-state index contributed by atoms with van der Waals surface area (Å²) in [6, 6.07) is 2.95. The van der Waals surface area contributed by atoms with Gasteiger partial charge in [0.25, 0.3) is 5.69 Å². The summed E-state index contributed by atoms with van der Waals surface area (Å²) in [5.41, 5.74) is -0.281. The van der Waals surface area contributed by atoms with Crippen LogP contribution in [0.4, 0.5) is 5.69 Å². The van der Waals surface area contributed by atoms with Gasteiger partial charge in [0.05, 0.1) is 11.0 Å². The summed E-state index contributed by atoms with van der Waals surface area (Å²) in [5.74, 6) is -0.485. The van der Waals surface area contributed by atoms with Gasteiger partial charge in [-0.3, -0.25) is 14.9 Å². The van der Waals surface area contributed by atoms with E-state index >= 15 is 0 Å². The van der Waals surface area contributed by atoms with Gasteiger partial charge in [0.2, 0.25) is 15.9 Å². The lowest BCUT2D eigenvalue weighted by Gasteiger charge is -2.15. The Morgan fingerprint density at radius 2 is 2.05 bits per heavy atom. The van der Waals surface area contributed by atoms with Crippen molar-refractivity contribution in [3.63, 3.8) is 0 Å². The van der Waals surface area contributed by atoms with Gasteiger partial charge < -0.3 is 5.32 Å². The van der Waals surface area contributed by atoms with Crippen LogP contribution >= 0.6 is 0 Å². The summed E-state index contributed by atoms with van der Waals surface area (Å²) in [7, 11) is -4.19. The number of aryl methyl sites for hydroxylation is 1. The number of sulfonamides is 1. The highest BCUT2D eigenvalue weighted by atomic mass is 32.2. The summed E-state index contributed by atoms with van der Waals surface area (Å²) in [6.07, 6.45) is 0.717. The number of benzene rings is 1. The molecule has 1 unspecified atom stereocenters. The maximum Gasteiger partial charge on any atom is 0.289 e. The van der Waals surface area contributed by atoms with E-state index in [9.17, 15) is 23.3 Å². The summed E-state index contributed by atoms with van der Waals surface area (Å²) in [5, 5.41) is 13.6. The lowest BCUT2D eigenvalue weighted by Crippen LogP contribution is -2.45. The van der Waals surface area contributed by atoms with E-state index in [4.69, 9.17) is 0 Å². The van der Waals surface area contributed by atoms with Gasteiger partial charge in [0.1, 0.15) is 0 Å². The third-order valence-corrected chi connectivity index (χ3v) is 4.66. The molecule has 122 valence electrons. The molecule has 0 fully saturated rings. The minimum absolute atomic E-state index is 0.239. The Morgan fingerprint density at radius 3 is 2.59 bits per heavy atom. The second-order valence-electron chi connectivity index (χ2n) is 4.81. The lowest BCUT2D eigenvalue weighted by molar-refractivity contribution is -0.387. The maximum absolute atomic E-state index is 12.4. The molecule has 0 heterocycles. The van der Waals surface area contributed by atoms with Crippen molar-refractivity contribution >= 4 is 21.6 Å². The zero-order valence-corrected chi connectivity index (χ0v) is 13.4. The minimum Gasteiger partial charge on any atom is -0.355 e. The van der Waals surface area contributed by atoms with E-state index in [-0.39, 0.29) is 5.56 Å². The van der Waals surface area contributed by atoms with Crippen LogP contribution in [0.2, 0.25) is 0 Å². The van der Waals surface area contributed by atoms with E-state index in [0.717, 1.165) is 6.07 Å². The summed E-state index contributed by atoms with van der Waals surface area (Å²) < 4.78 is 26.9. The van der Waals surface area contributed by atoms with Crippen LogP contribution in [0, 0.1) is 17.0 Å². The number of hydrogen-bond donors (Lipinski definition) is 2. The van der Waals surface area contributed by atoms with Crippen molar-refractivity contribution in [2.75, 3.05) is 6.54 Å². The zero-order chi connectivity index (χ0) is 16.9. The van der Waals surface area contributed by atoms with Gasteiger partial charge in [-0.2, -0.15) is 4.72 Å². The van der Waals surface area contributed by atoms with E-state index < -0.39 is 37.5 Å². The molecule has 0 spiro atoms. The quantitative estimate of drug-likeness (QED) is 0.573. The molecule has 0 aliphatic heterocycles. The molecule has 0 radical (unpaired) electrons. The first-order valence-corrected chi connectivity index (χ1v) is 8.23. The smallest absolute Gasteiger partial charge is 0.289 e. The summed E-state index contributed by atoms with van der Waals surface area (Å²) in [4.78, 5) is 21.6. The third-order valence-electron chi connectivity index (χ3n) is 2.93. The third kappa shape index (κ3) is 4.25. The number of hydrogen-bond acceptors (Lipinski definition) is 5. The van der Waals surface area contributed by atoms with Crippen molar-refractivity contribution < 1.29 is 18.1 Å². The first kappa shape index (κ1) is 18.1. The van der Waals surface area contributed by atoms with Crippen LogP contribution in [0.15, 0.2) is 23.1 Å². The van der Waals surface area contributed by atoms with Gasteiger partial charge in [-0.1, -0.05) is 19.1 Å². The van der Waals surface area contributed by atoms with E-state index in [1.165, 1.54) is 26.0 Å². The first-order valence-electron chi connectivity index (χ1n) is 6.74. The number of nitrogens with one attached hydrogen (secondary N) is 2. The molecule has 1 rings (SSSR count). The first-order chi connectivity index (χ1) is 10.2. The van der Waals surface area contributed by atoms with E-state index in [1.807, 2.05) is 6.92 Å². The molecule has 22 heavy (non-hydrogen) atoms. The van der Waals surface area contributed by atoms with Crippen LogP contribution in [0.5, 0.6) is 0 Å². The van der Waals surface area contributed by atoms with Crippen molar-refractivity contribution in [2.24, 2.45) is 0 Å². The molecule has 1 aromatic rings. The summed E-state index contributed by atoms with van der Waals surface area (Å²) >= 11 is 0. The number of carbonyl (C=O) groups excluding carboxylic acids is 1. The van der Waals surface area contributed by atoms with E-state index in [2.05, 4.69) is 10.0 Å². The highest BCUT2D eigenvalue weighted by Gasteiger charge is 2.30. The highest BCUT2D eigenvalue weighted by molar-refractivity contribution is 7.89. The molecular formula is C13H19N3O5S. The fourth-order valence-corrected chi connectivity index (χ4v) is 3.48. The molecule has 0 saturated heterocycles. The SMILES string of the molecule is CCCNC(=O)C(C)NS(=O)(=O)c1c(C)cccc1[N+](=O)[O-]. The molecule has 8 nitrogen and oxygen atoms in total. The Hall–Kier alpha value is -2.00. The Balaban J connectivity index is 3.11. The van der Waals surface area contributed by atoms with E-state index in [1.54, 1.807) is 0 Å². The second-order valence-corrected chi connectivity index (χ2v) is 6.47. The van der Waals surface area contributed by atoms with Crippen LogP contribution in [0.1, 0.15) is 25.8 Å². The van der Waals surface area contributed by atoms with Gasteiger partial charge in [-0.25, -0.2) is 8.42 Å². The van der Waals surface area contributed by atoms with E-state index in [0.29, 0.717) is 13.0 Å². The van der Waals surface area contributed by atoms with Gasteiger partial charge in [0.15, 0.2) is 4.90 Å². The molecule has 0 saturated carbocycles. The molecule has 0 bridgehead atoms. The maximum atomic E-state index is 12.4.